The van der Waals surface area contributed by atoms with Gasteiger partial charge in [0.15, 0.2) is 0 Å². The first-order valence-electron chi connectivity index (χ1n) is 20.0. The number of aliphatic imine (C=N–C) groups is 1. The molecule has 2 aliphatic rings. The molecular weight excluding hydrogens is 717 g/mol. The topological polar surface area (TPSA) is 51.0 Å². The lowest BCUT2D eigenvalue weighted by Gasteiger charge is -2.20. The second-order valence-electron chi connectivity index (χ2n) is 15.9. The van der Waals surface area contributed by atoms with Gasteiger partial charge in [0.2, 0.25) is 0 Å². The van der Waals surface area contributed by atoms with Crippen molar-refractivity contribution < 1.29 is 0 Å². The first-order valence-corrected chi connectivity index (χ1v) is 20.0. The van der Waals surface area contributed by atoms with Crippen molar-refractivity contribution >= 4 is 76.9 Å². The van der Waals surface area contributed by atoms with Crippen LogP contribution in [0.1, 0.15) is 16.7 Å². The van der Waals surface area contributed by atoms with Crippen LogP contribution in [0.5, 0.6) is 0 Å². The molecule has 0 saturated heterocycles. The van der Waals surface area contributed by atoms with E-state index in [4.69, 9.17) is 4.98 Å². The lowest BCUT2D eigenvalue weighted by Crippen LogP contribution is -1.97. The molecule has 0 amide bonds. The quantitative estimate of drug-likeness (QED) is 0.133. The summed E-state index contributed by atoms with van der Waals surface area (Å²) < 4.78 is 0. The fourth-order valence-corrected chi connectivity index (χ4v) is 10.4. The number of nitrogens with zero attached hydrogens (tertiary/aromatic N) is 4. The average Bonchev–Trinajstić information content (AvgIpc) is 3.77. The molecule has 2 aliphatic carbocycles. The molecule has 4 nitrogen and oxygen atoms in total. The Kier molecular flexibility index (Phi) is 6.49. The molecule has 0 unspecified atom stereocenters. The molecule has 3 aromatic heterocycles. The maximum atomic E-state index is 4.80. The maximum absolute atomic E-state index is 4.80. The number of aryl methyl sites for hydroxylation is 1. The molecule has 13 rings (SSSR count). The van der Waals surface area contributed by atoms with Gasteiger partial charge in [0.05, 0.1) is 0 Å². The molecule has 0 aliphatic heterocycles. The fraction of sp³-hybridized carbons (Fsp3) is 0.0182. The monoisotopic (exact) mass is 748 g/mol. The third-order valence-corrected chi connectivity index (χ3v) is 13.0. The molecule has 11 aromatic rings. The summed E-state index contributed by atoms with van der Waals surface area (Å²) >= 11 is 0. The first kappa shape index (κ1) is 32.3. The van der Waals surface area contributed by atoms with Gasteiger partial charge in [0.25, 0.3) is 0 Å². The van der Waals surface area contributed by atoms with Crippen LogP contribution in [0.3, 0.4) is 0 Å². The SMILES string of the molecule is C=N/C=C(\c1ccncc1C)c1cc2c3cc4c(cc3c(-c3cncc5cnccc35)cc2c2cc3c(cc12)-c1cccc2cccc-3c12)-c1cccc2cccc-4c12. The zero-order valence-corrected chi connectivity index (χ0v) is 32.1. The van der Waals surface area contributed by atoms with Crippen LogP contribution in [0.25, 0.3) is 126 Å². The van der Waals surface area contributed by atoms with Gasteiger partial charge in [-0.15, -0.1) is 0 Å². The van der Waals surface area contributed by atoms with Gasteiger partial charge in [-0.1, -0.05) is 72.8 Å². The number of hydrogen-bond acceptors (Lipinski definition) is 4. The van der Waals surface area contributed by atoms with Crippen molar-refractivity contribution in [2.75, 3.05) is 0 Å². The number of fused-ring (bicyclic) bond motifs is 12. The van der Waals surface area contributed by atoms with Crippen LogP contribution in [0.2, 0.25) is 0 Å². The van der Waals surface area contributed by atoms with Crippen LogP contribution in [-0.2, 0) is 0 Å². The highest BCUT2D eigenvalue weighted by Crippen LogP contribution is 2.54. The minimum absolute atomic E-state index is 1.01. The Morgan fingerprint density at radius 3 is 1.56 bits per heavy atom. The van der Waals surface area contributed by atoms with Gasteiger partial charge in [-0.25, -0.2) is 0 Å². The summed E-state index contributed by atoms with van der Waals surface area (Å²) in [7, 11) is 0. The second-order valence-corrected chi connectivity index (χ2v) is 15.9. The normalized spacial score (nSPS) is 12.7. The molecule has 0 atom stereocenters. The zero-order chi connectivity index (χ0) is 38.9. The van der Waals surface area contributed by atoms with E-state index in [2.05, 4.69) is 150 Å². The Labute approximate surface area is 339 Å². The van der Waals surface area contributed by atoms with Gasteiger partial charge in [-0.05, 0) is 188 Å². The standard InChI is InChI=1S/C55H32N4/c1-30-25-57-17-15-34(30)52(28-56-2)50-23-46-45-20-41-37-12-4-8-32-10-6-14-39(55(32)37)43(41)22-49(45)51(53-29-59-27-33-26-58-18-16-35(33)53)24-47(46)44-19-40-36-11-3-7-31-9-5-13-38(54(31)36)42(40)21-48(44)50/h3-29H,2H2,1H3/b52-28+. The molecule has 0 N–H and O–H groups in total. The average molecular weight is 749 g/mol. The Balaban J connectivity index is 1.24. The molecule has 0 fully saturated rings. The molecule has 8 aromatic carbocycles. The van der Waals surface area contributed by atoms with E-state index in [0.717, 1.165) is 49.5 Å². The van der Waals surface area contributed by atoms with E-state index in [0.29, 0.717) is 0 Å². The largest absolute Gasteiger partial charge is 0.272 e. The van der Waals surface area contributed by atoms with Crippen molar-refractivity contribution in [3.05, 3.63) is 181 Å². The zero-order valence-electron chi connectivity index (χ0n) is 32.1. The van der Waals surface area contributed by atoms with Crippen molar-refractivity contribution in [1.29, 1.82) is 0 Å². The van der Waals surface area contributed by atoms with Crippen LogP contribution in [0, 0.1) is 6.92 Å². The van der Waals surface area contributed by atoms with E-state index < -0.39 is 0 Å². The minimum Gasteiger partial charge on any atom is -0.272 e. The lowest BCUT2D eigenvalue weighted by molar-refractivity contribution is 1.25. The smallest absolute Gasteiger partial charge is 0.0362 e. The molecule has 59 heavy (non-hydrogen) atoms. The summed E-state index contributed by atoms with van der Waals surface area (Å²) in [6, 6.07) is 45.6. The van der Waals surface area contributed by atoms with Gasteiger partial charge in [-0.2, -0.15) is 0 Å². The molecule has 3 heterocycles. The molecule has 272 valence electrons. The number of hydrogen-bond donors (Lipinski definition) is 0. The minimum atomic E-state index is 1.01. The van der Waals surface area contributed by atoms with Crippen LogP contribution in [0.15, 0.2) is 170 Å². The molecule has 0 radical (unpaired) electrons. The summed E-state index contributed by atoms with van der Waals surface area (Å²) in [5.41, 5.74) is 16.6. The maximum Gasteiger partial charge on any atom is 0.0362 e. The molecule has 0 bridgehead atoms. The number of benzene rings is 8. The third-order valence-electron chi connectivity index (χ3n) is 13.0. The summed E-state index contributed by atoms with van der Waals surface area (Å²) in [6.07, 6.45) is 13.5. The summed E-state index contributed by atoms with van der Waals surface area (Å²) in [6.45, 7) is 6.10. The van der Waals surface area contributed by atoms with Crippen molar-refractivity contribution in [2.24, 2.45) is 4.99 Å². The predicted octanol–water partition coefficient (Wildman–Crippen LogP) is 14.2. The van der Waals surface area contributed by atoms with Gasteiger partial charge in [0.1, 0.15) is 0 Å². The van der Waals surface area contributed by atoms with Crippen molar-refractivity contribution in [2.45, 2.75) is 6.92 Å². The summed E-state index contributed by atoms with van der Waals surface area (Å²) in [4.78, 5) is 18.2. The predicted molar refractivity (Wildman–Crippen MR) is 247 cm³/mol. The van der Waals surface area contributed by atoms with E-state index in [1.54, 1.807) is 0 Å². The Hall–Kier alpha value is -7.82. The highest BCUT2D eigenvalue weighted by atomic mass is 14.7. The number of rotatable bonds is 4. The van der Waals surface area contributed by atoms with Crippen LogP contribution in [0.4, 0.5) is 0 Å². The Bertz CT molecular complexity index is 3750. The molecule has 0 saturated carbocycles. The summed E-state index contributed by atoms with van der Waals surface area (Å²) in [5.74, 6) is 0. The van der Waals surface area contributed by atoms with Crippen molar-refractivity contribution in [3.63, 3.8) is 0 Å². The van der Waals surface area contributed by atoms with E-state index in [9.17, 15) is 0 Å². The van der Waals surface area contributed by atoms with Gasteiger partial charge >= 0.3 is 0 Å². The first-order chi connectivity index (χ1) is 29.1. The Morgan fingerprint density at radius 1 is 0.424 bits per heavy atom. The van der Waals surface area contributed by atoms with Crippen LogP contribution >= 0.6 is 0 Å². The number of pyridine rings is 3. The van der Waals surface area contributed by atoms with Crippen molar-refractivity contribution in [1.82, 2.24) is 15.0 Å². The fourth-order valence-electron chi connectivity index (χ4n) is 10.4. The molecule has 0 spiro atoms. The molecular formula is C55H32N4. The highest BCUT2D eigenvalue weighted by molar-refractivity contribution is 6.29. The highest BCUT2D eigenvalue weighted by Gasteiger charge is 2.27. The third kappa shape index (κ3) is 4.37. The van der Waals surface area contributed by atoms with E-state index in [1.165, 1.54) is 93.0 Å². The van der Waals surface area contributed by atoms with E-state index in [1.807, 2.05) is 43.4 Å². The lowest BCUT2D eigenvalue weighted by atomic mass is 9.83. The van der Waals surface area contributed by atoms with E-state index >= 15 is 0 Å². The van der Waals surface area contributed by atoms with Crippen LogP contribution in [-0.4, -0.2) is 21.7 Å². The second kappa shape index (κ2) is 11.9. The Morgan fingerprint density at radius 2 is 0.932 bits per heavy atom. The van der Waals surface area contributed by atoms with Crippen LogP contribution < -0.4 is 0 Å². The van der Waals surface area contributed by atoms with E-state index in [-0.39, 0.29) is 0 Å². The number of aromatic nitrogens is 3. The van der Waals surface area contributed by atoms with Gasteiger partial charge in [0, 0.05) is 59.9 Å². The van der Waals surface area contributed by atoms with Gasteiger partial charge in [-0.3, -0.25) is 19.9 Å². The van der Waals surface area contributed by atoms with Crippen molar-refractivity contribution in [3.8, 4) is 55.6 Å². The van der Waals surface area contributed by atoms with Gasteiger partial charge < -0.3 is 0 Å². The summed E-state index contributed by atoms with van der Waals surface area (Å²) in [5, 5.41) is 14.4. The molecule has 4 heteroatoms.